The first kappa shape index (κ1) is 13.0. The third-order valence-corrected chi connectivity index (χ3v) is 2.84. The molecule has 1 amide bonds. The van der Waals surface area contributed by atoms with Gasteiger partial charge in [0.1, 0.15) is 6.54 Å². The van der Waals surface area contributed by atoms with E-state index in [0.717, 1.165) is 5.52 Å². The van der Waals surface area contributed by atoms with Crippen molar-refractivity contribution < 1.29 is 4.79 Å². The van der Waals surface area contributed by atoms with Gasteiger partial charge in [0.15, 0.2) is 0 Å². The average molecular weight is 254 g/mol. The molecule has 0 saturated heterocycles. The maximum atomic E-state index is 12.3. The maximum Gasteiger partial charge on any atom is 0.255 e. The number of aromatic nitrogens is 2. The Bertz CT molecular complexity index is 645. The summed E-state index contributed by atoms with van der Waals surface area (Å²) in [6.45, 7) is 3.85. The number of hydrogen-bond donors (Lipinski definition) is 0. The van der Waals surface area contributed by atoms with Gasteiger partial charge in [0.05, 0.1) is 17.1 Å². The van der Waals surface area contributed by atoms with Crippen LogP contribution < -0.4 is 0 Å². The van der Waals surface area contributed by atoms with Crippen molar-refractivity contribution in [2.45, 2.75) is 19.9 Å². The molecule has 2 rings (SSSR count). The Balaban J connectivity index is 2.38. The van der Waals surface area contributed by atoms with E-state index in [1.54, 1.807) is 30.6 Å². The molecule has 96 valence electrons. The number of carbonyl (C=O) groups excluding carboxylic acids is 1. The van der Waals surface area contributed by atoms with Crippen LogP contribution in [0.5, 0.6) is 0 Å². The molecule has 19 heavy (non-hydrogen) atoms. The van der Waals surface area contributed by atoms with Crippen molar-refractivity contribution in [2.24, 2.45) is 0 Å². The number of nitriles is 1. The maximum absolute atomic E-state index is 12.3. The molecule has 0 bridgehead atoms. The molecule has 0 fully saturated rings. The summed E-state index contributed by atoms with van der Waals surface area (Å²) >= 11 is 0. The zero-order valence-electron chi connectivity index (χ0n) is 10.9. The van der Waals surface area contributed by atoms with Crippen LogP contribution in [0.1, 0.15) is 24.2 Å². The zero-order chi connectivity index (χ0) is 13.8. The summed E-state index contributed by atoms with van der Waals surface area (Å²) < 4.78 is 0. The van der Waals surface area contributed by atoms with Gasteiger partial charge in [0.25, 0.3) is 5.91 Å². The standard InChI is InChI=1S/C14H14N4O/c1-10(2)18(8-5-15)14(19)11-3-4-12-13(9-11)17-7-6-16-12/h3-4,6-7,9-10H,8H2,1-2H3. The first-order valence-electron chi connectivity index (χ1n) is 6.02. The van der Waals surface area contributed by atoms with Crippen LogP contribution in [0, 0.1) is 11.3 Å². The van der Waals surface area contributed by atoms with E-state index >= 15 is 0 Å². The van der Waals surface area contributed by atoms with Crippen LogP contribution in [-0.2, 0) is 0 Å². The third-order valence-electron chi connectivity index (χ3n) is 2.84. The predicted octanol–water partition coefficient (Wildman–Crippen LogP) is 2.00. The van der Waals surface area contributed by atoms with Crippen molar-refractivity contribution in [1.82, 2.24) is 14.9 Å². The SMILES string of the molecule is CC(C)N(CC#N)C(=O)c1ccc2nccnc2c1. The van der Waals surface area contributed by atoms with Gasteiger partial charge in [0, 0.05) is 24.0 Å². The Morgan fingerprint density at radius 1 is 1.32 bits per heavy atom. The Kier molecular flexibility index (Phi) is 3.71. The van der Waals surface area contributed by atoms with Crippen LogP contribution in [0.25, 0.3) is 11.0 Å². The fourth-order valence-corrected chi connectivity index (χ4v) is 1.83. The summed E-state index contributed by atoms with van der Waals surface area (Å²) in [4.78, 5) is 22.2. The number of fused-ring (bicyclic) bond motifs is 1. The van der Waals surface area contributed by atoms with E-state index in [2.05, 4.69) is 9.97 Å². The van der Waals surface area contributed by atoms with E-state index < -0.39 is 0 Å². The second-order valence-corrected chi connectivity index (χ2v) is 4.44. The lowest BCUT2D eigenvalue weighted by Crippen LogP contribution is -2.37. The molecule has 0 saturated carbocycles. The molecule has 0 radical (unpaired) electrons. The minimum absolute atomic E-state index is 0.0234. The molecule has 2 aromatic rings. The van der Waals surface area contributed by atoms with Gasteiger partial charge in [-0.2, -0.15) is 5.26 Å². The lowest BCUT2D eigenvalue weighted by atomic mass is 10.1. The highest BCUT2D eigenvalue weighted by molar-refractivity contribution is 5.97. The van der Waals surface area contributed by atoms with Crippen LogP contribution in [0.4, 0.5) is 0 Å². The van der Waals surface area contributed by atoms with Crippen molar-refractivity contribution in [3.8, 4) is 6.07 Å². The number of rotatable bonds is 3. The number of hydrogen-bond acceptors (Lipinski definition) is 4. The van der Waals surface area contributed by atoms with Crippen molar-refractivity contribution >= 4 is 16.9 Å². The largest absolute Gasteiger partial charge is 0.323 e. The lowest BCUT2D eigenvalue weighted by molar-refractivity contribution is 0.0731. The van der Waals surface area contributed by atoms with Gasteiger partial charge in [0.2, 0.25) is 0 Å². The topological polar surface area (TPSA) is 69.9 Å². The van der Waals surface area contributed by atoms with E-state index in [9.17, 15) is 4.79 Å². The van der Waals surface area contributed by atoms with Crippen molar-refractivity contribution in [3.63, 3.8) is 0 Å². The molecular formula is C14H14N4O. The smallest absolute Gasteiger partial charge is 0.255 e. The predicted molar refractivity (Wildman–Crippen MR) is 71.3 cm³/mol. The normalized spacial score (nSPS) is 10.4. The van der Waals surface area contributed by atoms with E-state index in [0.29, 0.717) is 11.1 Å². The zero-order valence-corrected chi connectivity index (χ0v) is 10.9. The minimum Gasteiger partial charge on any atom is -0.323 e. The fraction of sp³-hybridized carbons (Fsp3) is 0.286. The molecular weight excluding hydrogens is 240 g/mol. The Hall–Kier alpha value is -2.48. The Morgan fingerprint density at radius 3 is 2.63 bits per heavy atom. The molecule has 0 N–H and O–H groups in total. The summed E-state index contributed by atoms with van der Waals surface area (Å²) in [5, 5.41) is 8.79. The summed E-state index contributed by atoms with van der Waals surface area (Å²) in [7, 11) is 0. The average Bonchev–Trinajstić information content (AvgIpc) is 2.43. The molecule has 5 heteroatoms. The van der Waals surface area contributed by atoms with Crippen LogP contribution in [0.3, 0.4) is 0 Å². The van der Waals surface area contributed by atoms with Gasteiger partial charge in [-0.05, 0) is 32.0 Å². The molecule has 0 aliphatic carbocycles. The van der Waals surface area contributed by atoms with Crippen molar-refractivity contribution in [3.05, 3.63) is 36.2 Å². The second kappa shape index (κ2) is 5.44. The highest BCUT2D eigenvalue weighted by Gasteiger charge is 2.18. The van der Waals surface area contributed by atoms with E-state index in [-0.39, 0.29) is 18.5 Å². The van der Waals surface area contributed by atoms with Gasteiger partial charge in [-0.15, -0.1) is 0 Å². The number of carbonyl (C=O) groups is 1. The van der Waals surface area contributed by atoms with E-state index in [4.69, 9.17) is 5.26 Å². The molecule has 1 aromatic heterocycles. The third kappa shape index (κ3) is 2.68. The van der Waals surface area contributed by atoms with Gasteiger partial charge in [-0.25, -0.2) is 0 Å². The minimum atomic E-state index is -0.163. The highest BCUT2D eigenvalue weighted by atomic mass is 16.2. The fourth-order valence-electron chi connectivity index (χ4n) is 1.83. The molecule has 0 spiro atoms. The first-order valence-corrected chi connectivity index (χ1v) is 6.02. The van der Waals surface area contributed by atoms with Gasteiger partial charge in [-0.1, -0.05) is 0 Å². The quantitative estimate of drug-likeness (QED) is 0.785. The Morgan fingerprint density at radius 2 is 2.00 bits per heavy atom. The van der Waals surface area contributed by atoms with Crippen LogP contribution in [-0.4, -0.2) is 33.4 Å². The van der Waals surface area contributed by atoms with Crippen LogP contribution in [0.2, 0.25) is 0 Å². The first-order chi connectivity index (χ1) is 9.13. The van der Waals surface area contributed by atoms with Gasteiger partial charge in [-0.3, -0.25) is 14.8 Å². The van der Waals surface area contributed by atoms with Crippen LogP contribution >= 0.6 is 0 Å². The van der Waals surface area contributed by atoms with Gasteiger partial charge >= 0.3 is 0 Å². The number of amides is 1. The van der Waals surface area contributed by atoms with Gasteiger partial charge < -0.3 is 4.90 Å². The molecule has 1 heterocycles. The molecule has 1 aromatic carbocycles. The summed E-state index contributed by atoms with van der Waals surface area (Å²) in [6, 6.07) is 7.18. The highest BCUT2D eigenvalue weighted by Crippen LogP contribution is 2.14. The van der Waals surface area contributed by atoms with Crippen molar-refractivity contribution in [2.75, 3.05) is 6.54 Å². The summed E-state index contributed by atoms with van der Waals surface area (Å²) in [5.41, 5.74) is 1.95. The summed E-state index contributed by atoms with van der Waals surface area (Å²) in [5.74, 6) is -0.163. The molecule has 0 aliphatic heterocycles. The Labute approximate surface area is 111 Å². The molecule has 0 aliphatic rings. The summed E-state index contributed by atoms with van der Waals surface area (Å²) in [6.07, 6.45) is 3.20. The van der Waals surface area contributed by atoms with E-state index in [1.807, 2.05) is 19.9 Å². The molecule has 0 atom stereocenters. The molecule has 5 nitrogen and oxygen atoms in total. The van der Waals surface area contributed by atoms with Crippen molar-refractivity contribution in [1.29, 1.82) is 5.26 Å². The van der Waals surface area contributed by atoms with Crippen LogP contribution in [0.15, 0.2) is 30.6 Å². The lowest BCUT2D eigenvalue weighted by Gasteiger charge is -2.23. The van der Waals surface area contributed by atoms with E-state index in [1.165, 1.54) is 4.90 Å². The number of benzene rings is 1. The second-order valence-electron chi connectivity index (χ2n) is 4.44. The number of nitrogens with zero attached hydrogens (tertiary/aromatic N) is 4. The monoisotopic (exact) mass is 254 g/mol. The molecule has 0 unspecified atom stereocenters.